The Morgan fingerprint density at radius 1 is 1.20 bits per heavy atom. The molecule has 1 aromatic rings. The van der Waals surface area contributed by atoms with Crippen molar-refractivity contribution in [3.63, 3.8) is 0 Å². The number of nitrogens with zero attached hydrogens (tertiary/aromatic N) is 1. The van der Waals surface area contributed by atoms with E-state index in [0.717, 1.165) is 38.3 Å². The molecule has 0 aromatic heterocycles. The summed E-state index contributed by atoms with van der Waals surface area (Å²) in [6.45, 7) is 9.01. The molecule has 1 aromatic carbocycles. The van der Waals surface area contributed by atoms with Crippen LogP contribution >= 0.6 is 0 Å². The van der Waals surface area contributed by atoms with E-state index in [4.69, 9.17) is 0 Å². The second-order valence-corrected chi connectivity index (χ2v) is 7.87. The Labute approximate surface area is 151 Å². The Bertz CT molecular complexity index is 567. The van der Waals surface area contributed by atoms with Crippen LogP contribution in [-0.4, -0.2) is 49.8 Å². The maximum Gasteiger partial charge on any atom is 0.275 e. The number of carbonyl (C=O) groups is 1. The van der Waals surface area contributed by atoms with Crippen molar-refractivity contribution < 1.29 is 14.8 Å². The molecule has 3 atom stereocenters. The van der Waals surface area contributed by atoms with Crippen LogP contribution in [0.5, 0.6) is 5.75 Å². The number of aromatic hydroxyl groups is 1. The molecule has 2 fully saturated rings. The van der Waals surface area contributed by atoms with Crippen molar-refractivity contribution in [3.8, 4) is 5.75 Å². The number of rotatable bonds is 4. The van der Waals surface area contributed by atoms with Crippen LogP contribution in [0.25, 0.3) is 0 Å². The first-order chi connectivity index (χ1) is 12.0. The fourth-order valence-electron chi connectivity index (χ4n) is 4.19. The molecule has 0 unspecified atom stereocenters. The molecule has 3 rings (SSSR count). The Kier molecular flexibility index (Phi) is 5.84. The van der Waals surface area contributed by atoms with E-state index in [0.29, 0.717) is 30.2 Å². The van der Waals surface area contributed by atoms with Crippen LogP contribution in [0.3, 0.4) is 0 Å². The van der Waals surface area contributed by atoms with Gasteiger partial charge in [-0.15, -0.1) is 0 Å². The zero-order valence-electron chi connectivity index (χ0n) is 15.5. The predicted octanol–water partition coefficient (Wildman–Crippen LogP) is 1.04. The minimum atomic E-state index is 0.207. The highest BCUT2D eigenvalue weighted by molar-refractivity contribution is 5.77. The Morgan fingerprint density at radius 2 is 1.88 bits per heavy atom. The van der Waals surface area contributed by atoms with Gasteiger partial charge in [-0.3, -0.25) is 4.79 Å². The molecule has 0 spiro atoms. The lowest BCUT2D eigenvalue weighted by Crippen LogP contribution is -3.16. The summed E-state index contributed by atoms with van der Waals surface area (Å²) in [6, 6.07) is 7.73. The van der Waals surface area contributed by atoms with E-state index in [9.17, 15) is 9.90 Å². The maximum absolute atomic E-state index is 12.4. The fraction of sp³-hybridized carbons (Fsp3) is 0.650. The van der Waals surface area contributed by atoms with Crippen LogP contribution in [0.4, 0.5) is 5.69 Å². The van der Waals surface area contributed by atoms with Crippen molar-refractivity contribution in [2.45, 2.75) is 39.2 Å². The summed E-state index contributed by atoms with van der Waals surface area (Å²) in [5.41, 5.74) is 1.14. The average Bonchev–Trinajstić information content (AvgIpc) is 2.60. The number of carbonyl (C=O) groups excluding carboxylic acids is 1. The molecule has 1 heterocycles. The molecule has 1 aliphatic carbocycles. The van der Waals surface area contributed by atoms with Crippen LogP contribution in [0.15, 0.2) is 24.3 Å². The average molecular weight is 346 g/mol. The Morgan fingerprint density at radius 3 is 2.56 bits per heavy atom. The molecule has 1 aliphatic heterocycles. The highest BCUT2D eigenvalue weighted by Crippen LogP contribution is 2.29. The van der Waals surface area contributed by atoms with E-state index in [-0.39, 0.29) is 5.91 Å². The van der Waals surface area contributed by atoms with Crippen LogP contribution in [-0.2, 0) is 4.79 Å². The van der Waals surface area contributed by atoms with E-state index in [1.165, 1.54) is 17.7 Å². The van der Waals surface area contributed by atoms with Gasteiger partial charge >= 0.3 is 0 Å². The van der Waals surface area contributed by atoms with E-state index in [2.05, 4.69) is 24.1 Å². The van der Waals surface area contributed by atoms with E-state index in [1.807, 2.05) is 12.1 Å². The van der Waals surface area contributed by atoms with Gasteiger partial charge in [-0.1, -0.05) is 26.7 Å². The van der Waals surface area contributed by atoms with Crippen molar-refractivity contribution in [1.29, 1.82) is 0 Å². The van der Waals surface area contributed by atoms with Gasteiger partial charge < -0.3 is 20.2 Å². The first-order valence-electron chi connectivity index (χ1n) is 9.70. The molecule has 1 amide bonds. The molecular formula is C20H32N3O2+. The molecule has 1 saturated heterocycles. The Balaban J connectivity index is 1.44. The number of amides is 1. The minimum absolute atomic E-state index is 0.207. The molecule has 3 N–H and O–H groups in total. The molecule has 0 bridgehead atoms. The second-order valence-electron chi connectivity index (χ2n) is 7.87. The summed E-state index contributed by atoms with van der Waals surface area (Å²) in [5.74, 6) is 1.80. The predicted molar refractivity (Wildman–Crippen MR) is 100.0 cm³/mol. The number of benzene rings is 1. The number of hydrogen-bond acceptors (Lipinski definition) is 3. The van der Waals surface area contributed by atoms with Gasteiger partial charge in [0.05, 0.1) is 26.2 Å². The third kappa shape index (κ3) is 4.66. The van der Waals surface area contributed by atoms with Crippen molar-refractivity contribution in [2.75, 3.05) is 37.6 Å². The highest BCUT2D eigenvalue weighted by Gasteiger charge is 2.29. The van der Waals surface area contributed by atoms with Crippen molar-refractivity contribution >= 4 is 11.6 Å². The molecule has 1 saturated carbocycles. The van der Waals surface area contributed by atoms with Crippen LogP contribution in [0, 0.1) is 11.8 Å². The number of piperazine rings is 1. The van der Waals surface area contributed by atoms with Crippen LogP contribution in [0.2, 0.25) is 0 Å². The number of nitrogens with one attached hydrogen (secondary N) is 2. The van der Waals surface area contributed by atoms with E-state index >= 15 is 0 Å². The Hall–Kier alpha value is -1.75. The highest BCUT2D eigenvalue weighted by atomic mass is 16.3. The van der Waals surface area contributed by atoms with Gasteiger partial charge in [0.25, 0.3) is 5.91 Å². The first kappa shape index (κ1) is 18.1. The zero-order chi connectivity index (χ0) is 17.8. The monoisotopic (exact) mass is 346 g/mol. The van der Waals surface area contributed by atoms with Crippen molar-refractivity contribution in [3.05, 3.63) is 24.3 Å². The molecule has 25 heavy (non-hydrogen) atoms. The van der Waals surface area contributed by atoms with Crippen molar-refractivity contribution in [2.24, 2.45) is 11.8 Å². The van der Waals surface area contributed by atoms with Gasteiger partial charge in [0, 0.05) is 11.7 Å². The molecule has 5 nitrogen and oxygen atoms in total. The lowest BCUT2D eigenvalue weighted by Gasteiger charge is -2.36. The normalized spacial score (nSPS) is 27.9. The SMILES string of the molecule is C[C@@H]1[C@H](C)CCC[C@@H]1NC(=O)C[NH+]1CCN(c2ccc(O)cc2)CC1. The van der Waals surface area contributed by atoms with Gasteiger partial charge in [-0.2, -0.15) is 0 Å². The van der Waals surface area contributed by atoms with Crippen LogP contribution < -0.4 is 15.1 Å². The zero-order valence-corrected chi connectivity index (χ0v) is 15.5. The lowest BCUT2D eigenvalue weighted by atomic mass is 9.78. The molecular weight excluding hydrogens is 314 g/mol. The van der Waals surface area contributed by atoms with Gasteiger partial charge in [-0.25, -0.2) is 0 Å². The second kappa shape index (κ2) is 8.09. The molecule has 2 aliphatic rings. The number of anilines is 1. The van der Waals surface area contributed by atoms with E-state index in [1.54, 1.807) is 12.1 Å². The fourth-order valence-corrected chi connectivity index (χ4v) is 4.19. The molecule has 5 heteroatoms. The summed E-state index contributed by atoms with van der Waals surface area (Å²) >= 11 is 0. The van der Waals surface area contributed by atoms with Crippen LogP contribution in [0.1, 0.15) is 33.1 Å². The van der Waals surface area contributed by atoms with Gasteiger partial charge in [0.2, 0.25) is 0 Å². The van der Waals surface area contributed by atoms with E-state index < -0.39 is 0 Å². The summed E-state index contributed by atoms with van der Waals surface area (Å²) in [5, 5.41) is 12.7. The first-order valence-corrected chi connectivity index (χ1v) is 9.70. The van der Waals surface area contributed by atoms with Gasteiger partial charge in [-0.05, 0) is 42.5 Å². The lowest BCUT2D eigenvalue weighted by molar-refractivity contribution is -0.892. The van der Waals surface area contributed by atoms with Crippen molar-refractivity contribution in [1.82, 2.24) is 5.32 Å². The number of phenols is 1. The largest absolute Gasteiger partial charge is 0.508 e. The number of phenolic OH excluding ortho intramolecular Hbond substituents is 1. The summed E-state index contributed by atoms with van der Waals surface area (Å²) in [4.78, 5) is 16.1. The van der Waals surface area contributed by atoms with Gasteiger partial charge in [0.1, 0.15) is 5.75 Å². The topological polar surface area (TPSA) is 57.0 Å². The molecule has 138 valence electrons. The number of hydrogen-bond donors (Lipinski definition) is 3. The summed E-state index contributed by atoms with van der Waals surface area (Å²) in [7, 11) is 0. The maximum atomic E-state index is 12.4. The summed E-state index contributed by atoms with van der Waals surface area (Å²) in [6.07, 6.45) is 3.65. The smallest absolute Gasteiger partial charge is 0.275 e. The quantitative estimate of drug-likeness (QED) is 0.763. The van der Waals surface area contributed by atoms with Gasteiger partial charge in [0.15, 0.2) is 6.54 Å². The minimum Gasteiger partial charge on any atom is -0.508 e. The third-order valence-corrected chi connectivity index (χ3v) is 6.15. The third-order valence-electron chi connectivity index (χ3n) is 6.15. The number of quaternary nitrogens is 1. The summed E-state index contributed by atoms with van der Waals surface area (Å²) < 4.78 is 0. The molecule has 0 radical (unpaired) electrons. The standard InChI is InChI=1S/C20H31N3O2/c1-15-4-3-5-19(16(15)2)21-20(25)14-22-10-12-23(13-11-22)17-6-8-18(24)9-7-17/h6-9,15-16,19,24H,3-5,10-14H2,1-2H3,(H,21,25)/p+1/t15-,16-,19+/m1/s1.